The maximum atomic E-state index is 12.1. The first-order chi connectivity index (χ1) is 11.7. The minimum Gasteiger partial charge on any atom is -0.497 e. The summed E-state index contributed by atoms with van der Waals surface area (Å²) in [6, 6.07) is 5.59. The van der Waals surface area contributed by atoms with Crippen LogP contribution in [0.2, 0.25) is 0 Å². The summed E-state index contributed by atoms with van der Waals surface area (Å²) in [4.78, 5) is 16.6. The van der Waals surface area contributed by atoms with Crippen molar-refractivity contribution >= 4 is 22.4 Å². The SMILES string of the molecule is COc1ccc(-c2csc(NC(=O)CC3C=CCC3)n2)c(OC)c1. The monoisotopic (exact) mass is 344 g/mol. The largest absolute Gasteiger partial charge is 0.497 e. The molecule has 1 aromatic carbocycles. The van der Waals surface area contributed by atoms with Gasteiger partial charge in [0.15, 0.2) is 5.13 Å². The molecule has 6 heteroatoms. The highest BCUT2D eigenvalue weighted by Gasteiger charge is 2.16. The summed E-state index contributed by atoms with van der Waals surface area (Å²) in [6.07, 6.45) is 6.89. The number of hydrogen-bond donors (Lipinski definition) is 1. The van der Waals surface area contributed by atoms with Gasteiger partial charge in [-0.25, -0.2) is 4.98 Å². The highest BCUT2D eigenvalue weighted by atomic mass is 32.1. The van der Waals surface area contributed by atoms with Crippen LogP contribution in [0, 0.1) is 5.92 Å². The quantitative estimate of drug-likeness (QED) is 0.801. The molecule has 0 saturated carbocycles. The van der Waals surface area contributed by atoms with Crippen LogP contribution in [0.25, 0.3) is 11.3 Å². The van der Waals surface area contributed by atoms with Gasteiger partial charge in [0.05, 0.1) is 19.9 Å². The van der Waals surface area contributed by atoms with Crippen LogP contribution in [0.3, 0.4) is 0 Å². The van der Waals surface area contributed by atoms with Gasteiger partial charge >= 0.3 is 0 Å². The predicted molar refractivity (Wildman–Crippen MR) is 95.8 cm³/mol. The number of allylic oxidation sites excluding steroid dienone is 2. The van der Waals surface area contributed by atoms with Crippen LogP contribution >= 0.6 is 11.3 Å². The zero-order chi connectivity index (χ0) is 16.9. The first-order valence-electron chi connectivity index (χ1n) is 7.84. The number of ether oxygens (including phenoxy) is 2. The molecule has 1 atom stereocenters. The van der Waals surface area contributed by atoms with Gasteiger partial charge in [0.25, 0.3) is 0 Å². The number of thiazole rings is 1. The van der Waals surface area contributed by atoms with Crippen LogP contribution in [0.5, 0.6) is 11.5 Å². The lowest BCUT2D eigenvalue weighted by atomic mass is 10.1. The van der Waals surface area contributed by atoms with E-state index in [1.54, 1.807) is 14.2 Å². The second kappa shape index (κ2) is 7.49. The Hall–Kier alpha value is -2.34. The number of nitrogens with zero attached hydrogens (tertiary/aromatic N) is 1. The molecule has 126 valence electrons. The molecule has 1 heterocycles. The molecule has 1 unspecified atom stereocenters. The number of nitrogens with one attached hydrogen (secondary N) is 1. The number of anilines is 1. The van der Waals surface area contributed by atoms with Gasteiger partial charge < -0.3 is 14.8 Å². The van der Waals surface area contributed by atoms with Crippen molar-refractivity contribution in [2.75, 3.05) is 19.5 Å². The Balaban J connectivity index is 1.71. The maximum Gasteiger partial charge on any atom is 0.226 e. The summed E-state index contributed by atoms with van der Waals surface area (Å²) in [5.74, 6) is 1.78. The zero-order valence-electron chi connectivity index (χ0n) is 13.7. The fourth-order valence-corrected chi connectivity index (χ4v) is 3.47. The first kappa shape index (κ1) is 16.5. The number of methoxy groups -OCH3 is 2. The molecule has 1 amide bonds. The normalized spacial score (nSPS) is 16.2. The Kier molecular flexibility index (Phi) is 5.15. The number of amides is 1. The van der Waals surface area contributed by atoms with Crippen molar-refractivity contribution in [2.45, 2.75) is 19.3 Å². The van der Waals surface area contributed by atoms with Crippen molar-refractivity contribution in [3.05, 3.63) is 35.7 Å². The van der Waals surface area contributed by atoms with Crippen LogP contribution < -0.4 is 14.8 Å². The zero-order valence-corrected chi connectivity index (χ0v) is 14.6. The average Bonchev–Trinajstić information content (AvgIpc) is 3.26. The highest BCUT2D eigenvalue weighted by molar-refractivity contribution is 7.14. The molecule has 5 nitrogen and oxygen atoms in total. The van der Waals surface area contributed by atoms with E-state index < -0.39 is 0 Å². The Morgan fingerprint density at radius 1 is 1.38 bits per heavy atom. The topological polar surface area (TPSA) is 60.5 Å². The average molecular weight is 344 g/mol. The van der Waals surface area contributed by atoms with Gasteiger partial charge in [-0.3, -0.25) is 4.79 Å². The first-order valence-corrected chi connectivity index (χ1v) is 8.72. The molecule has 0 aliphatic heterocycles. The lowest BCUT2D eigenvalue weighted by molar-refractivity contribution is -0.116. The molecule has 1 N–H and O–H groups in total. The van der Waals surface area contributed by atoms with Crippen LogP contribution in [-0.2, 0) is 4.79 Å². The van der Waals surface area contributed by atoms with E-state index in [1.807, 2.05) is 23.6 Å². The Labute approximate surface area is 145 Å². The summed E-state index contributed by atoms with van der Waals surface area (Å²) in [6.45, 7) is 0. The van der Waals surface area contributed by atoms with E-state index >= 15 is 0 Å². The van der Waals surface area contributed by atoms with Crippen LogP contribution in [0.15, 0.2) is 35.7 Å². The summed E-state index contributed by atoms with van der Waals surface area (Å²) < 4.78 is 10.6. The molecule has 3 rings (SSSR count). The predicted octanol–water partition coefficient (Wildman–Crippen LogP) is 4.12. The molecule has 24 heavy (non-hydrogen) atoms. The van der Waals surface area contributed by atoms with Gasteiger partial charge in [-0.1, -0.05) is 12.2 Å². The van der Waals surface area contributed by atoms with E-state index in [-0.39, 0.29) is 5.91 Å². The van der Waals surface area contributed by atoms with E-state index in [2.05, 4.69) is 22.5 Å². The second-order valence-electron chi connectivity index (χ2n) is 5.62. The number of hydrogen-bond acceptors (Lipinski definition) is 5. The third-order valence-corrected chi connectivity index (χ3v) is 4.75. The van der Waals surface area contributed by atoms with Gasteiger partial charge in [-0.05, 0) is 30.9 Å². The number of aromatic nitrogens is 1. The number of rotatable bonds is 6. The van der Waals surface area contributed by atoms with Crippen molar-refractivity contribution in [3.8, 4) is 22.8 Å². The molecule has 1 aromatic heterocycles. The smallest absolute Gasteiger partial charge is 0.226 e. The molecule has 2 aromatic rings. The second-order valence-corrected chi connectivity index (χ2v) is 6.48. The highest BCUT2D eigenvalue weighted by Crippen LogP contribution is 2.35. The van der Waals surface area contributed by atoms with Crippen molar-refractivity contribution in [3.63, 3.8) is 0 Å². The molecule has 0 fully saturated rings. The number of benzene rings is 1. The Morgan fingerprint density at radius 3 is 2.96 bits per heavy atom. The van der Waals surface area contributed by atoms with Gasteiger partial charge in [-0.2, -0.15) is 0 Å². The summed E-state index contributed by atoms with van der Waals surface area (Å²) in [7, 11) is 3.23. The molecule has 0 spiro atoms. The molecule has 0 saturated heterocycles. The minimum absolute atomic E-state index is 0.00847. The van der Waals surface area contributed by atoms with Gasteiger partial charge in [0.2, 0.25) is 5.91 Å². The number of carbonyl (C=O) groups excluding carboxylic acids is 1. The van der Waals surface area contributed by atoms with E-state index in [4.69, 9.17) is 9.47 Å². The van der Waals surface area contributed by atoms with Crippen molar-refractivity contribution < 1.29 is 14.3 Å². The van der Waals surface area contributed by atoms with Gasteiger partial charge in [0.1, 0.15) is 11.5 Å². The van der Waals surface area contributed by atoms with E-state index in [0.717, 1.165) is 29.8 Å². The maximum absolute atomic E-state index is 12.1. The lowest BCUT2D eigenvalue weighted by Crippen LogP contribution is -2.14. The molecule has 0 radical (unpaired) electrons. The Morgan fingerprint density at radius 2 is 2.25 bits per heavy atom. The third-order valence-electron chi connectivity index (χ3n) is 4.00. The van der Waals surface area contributed by atoms with Crippen LogP contribution in [0.4, 0.5) is 5.13 Å². The number of carbonyl (C=O) groups is 1. The summed E-state index contributed by atoms with van der Waals surface area (Å²) >= 11 is 1.41. The van der Waals surface area contributed by atoms with Crippen molar-refractivity contribution in [2.24, 2.45) is 5.92 Å². The fourth-order valence-electron chi connectivity index (χ4n) is 2.74. The lowest BCUT2D eigenvalue weighted by Gasteiger charge is -2.08. The summed E-state index contributed by atoms with van der Waals surface area (Å²) in [5, 5.41) is 5.41. The third kappa shape index (κ3) is 3.76. The molecular formula is C18H20N2O3S. The minimum atomic E-state index is 0.00847. The van der Waals surface area contributed by atoms with E-state index in [9.17, 15) is 4.79 Å². The van der Waals surface area contributed by atoms with E-state index in [1.165, 1.54) is 11.3 Å². The van der Waals surface area contributed by atoms with Crippen molar-refractivity contribution in [1.29, 1.82) is 0 Å². The molecule has 0 bridgehead atoms. The van der Waals surface area contributed by atoms with Crippen LogP contribution in [-0.4, -0.2) is 25.1 Å². The standard InChI is InChI=1S/C18H20N2O3S/c1-22-13-7-8-14(16(10-13)23-2)15-11-24-18(19-15)20-17(21)9-12-5-3-4-6-12/h3,5,7-8,10-12H,4,6,9H2,1-2H3,(H,19,20,21). The van der Waals surface area contributed by atoms with Crippen molar-refractivity contribution in [1.82, 2.24) is 4.98 Å². The molecular weight excluding hydrogens is 324 g/mol. The van der Waals surface area contributed by atoms with Crippen LogP contribution in [0.1, 0.15) is 19.3 Å². The Bertz CT molecular complexity index is 754. The van der Waals surface area contributed by atoms with Gasteiger partial charge in [0, 0.05) is 23.4 Å². The fraction of sp³-hybridized carbons (Fsp3) is 0.333. The molecule has 1 aliphatic carbocycles. The van der Waals surface area contributed by atoms with E-state index in [0.29, 0.717) is 23.2 Å². The molecule has 1 aliphatic rings. The summed E-state index contributed by atoms with van der Waals surface area (Å²) in [5.41, 5.74) is 1.64. The van der Waals surface area contributed by atoms with Gasteiger partial charge in [-0.15, -0.1) is 11.3 Å².